The van der Waals surface area contributed by atoms with Crippen LogP contribution in [0.15, 0.2) is 60.6 Å². The van der Waals surface area contributed by atoms with Gasteiger partial charge in [-0.2, -0.15) is 0 Å². The van der Waals surface area contributed by atoms with Gasteiger partial charge in [-0.1, -0.05) is 51.3 Å². The smallest absolute Gasteiger partial charge is 0.161 e. The second-order valence-corrected chi connectivity index (χ2v) is 8.05. The van der Waals surface area contributed by atoms with Gasteiger partial charge < -0.3 is 9.84 Å². The molecule has 0 spiro atoms. The Balaban J connectivity index is 0.000000247. The predicted octanol–water partition coefficient (Wildman–Crippen LogP) is 6.06. The minimum absolute atomic E-state index is 0. The van der Waals surface area contributed by atoms with E-state index in [1.165, 1.54) is 6.08 Å². The topological polar surface area (TPSA) is 85.2 Å². The van der Waals surface area contributed by atoms with E-state index in [9.17, 15) is 9.90 Å². The molecule has 7 heteroatoms. The van der Waals surface area contributed by atoms with Gasteiger partial charge in [-0.05, 0) is 23.1 Å². The van der Waals surface area contributed by atoms with Gasteiger partial charge in [0.1, 0.15) is 5.75 Å². The molecule has 171 valence electrons. The number of hydrogen-bond acceptors (Lipinski definition) is 6. The molecule has 0 amide bonds. The molecule has 1 aromatic carbocycles. The van der Waals surface area contributed by atoms with Crippen molar-refractivity contribution in [3.05, 3.63) is 66.6 Å². The van der Waals surface area contributed by atoms with Crippen molar-refractivity contribution in [2.45, 2.75) is 27.7 Å². The fourth-order valence-corrected chi connectivity index (χ4v) is 3.09. The van der Waals surface area contributed by atoms with E-state index >= 15 is 0 Å². The molecule has 0 saturated heterocycles. The first kappa shape index (κ1) is 21.7. The number of aliphatic hydroxyl groups excluding tert-OH is 1. The summed E-state index contributed by atoms with van der Waals surface area (Å²) in [6.45, 7) is 7.32. The van der Waals surface area contributed by atoms with Crippen molar-refractivity contribution in [3.8, 4) is 22.9 Å². The van der Waals surface area contributed by atoms with Gasteiger partial charge in [-0.25, -0.2) is 0 Å². The van der Waals surface area contributed by atoms with Crippen molar-refractivity contribution in [2.24, 2.45) is 11.8 Å². The largest absolute Gasteiger partial charge is 0.512 e. The van der Waals surface area contributed by atoms with Crippen LogP contribution in [-0.2, 0) is 24.9 Å². The molecule has 6 nitrogen and oxygen atoms in total. The fraction of sp³-hybridized carbons (Fsp3) is 0.231. The third kappa shape index (κ3) is 5.10. The molecule has 0 atom stereocenters. The minimum Gasteiger partial charge on any atom is -0.512 e. The Kier molecular flexibility index (Phi) is 6.70. The normalized spacial score (nSPS) is 12.8. The van der Waals surface area contributed by atoms with Crippen molar-refractivity contribution in [1.29, 1.82) is 0 Å². The van der Waals surface area contributed by atoms with Crippen LogP contribution in [0.1, 0.15) is 30.4 Å². The van der Waals surface area contributed by atoms with Gasteiger partial charge in [-0.3, -0.25) is 19.7 Å². The first-order valence-electron chi connectivity index (χ1n) is 11.4. The SMILES string of the molecule is CC(C)C(=O)/C=C(\O)C(C)C.[2H]c1nc2c3c(cccc3c1[2H])Oc1nc3ncccc3[c-]c1-2.[Ir]. The standard InChI is InChI=1S/C17H8N3O.C9H16O2.Ir/c1-3-10-6-8-18-15-12-9-11-4-2-7-19-16(11)20-17(12)21-13(5-1)14(10)15;1-6(2)8(10)5-9(11)7(3)4;/h1-8H;5-7,10H,1-4H3;/q-1;;/b;8-5-;/i6D,8D;;. The molecule has 0 saturated carbocycles. The van der Waals surface area contributed by atoms with Crippen LogP contribution in [0, 0.1) is 17.9 Å². The predicted molar refractivity (Wildman–Crippen MR) is 125 cm³/mol. The van der Waals surface area contributed by atoms with Crippen LogP contribution in [0.3, 0.4) is 0 Å². The van der Waals surface area contributed by atoms with E-state index in [0.717, 1.165) is 10.8 Å². The van der Waals surface area contributed by atoms with E-state index in [2.05, 4.69) is 21.0 Å². The molecule has 0 aliphatic carbocycles. The third-order valence-electron chi connectivity index (χ3n) is 4.98. The van der Waals surface area contributed by atoms with Gasteiger partial charge >= 0.3 is 0 Å². The van der Waals surface area contributed by atoms with Crippen molar-refractivity contribution in [2.75, 3.05) is 0 Å². The molecule has 1 N–H and O–H groups in total. The summed E-state index contributed by atoms with van der Waals surface area (Å²) in [7, 11) is 0. The van der Waals surface area contributed by atoms with Crippen LogP contribution in [0.2, 0.25) is 0 Å². The Morgan fingerprint density at radius 2 is 1.94 bits per heavy atom. The Morgan fingerprint density at radius 3 is 2.67 bits per heavy atom. The van der Waals surface area contributed by atoms with Crippen LogP contribution >= 0.6 is 0 Å². The summed E-state index contributed by atoms with van der Waals surface area (Å²) in [5.41, 5.74) is 1.73. The van der Waals surface area contributed by atoms with Gasteiger partial charge in [0.15, 0.2) is 11.7 Å². The van der Waals surface area contributed by atoms with Gasteiger partial charge in [0, 0.05) is 61.5 Å². The molecule has 33 heavy (non-hydrogen) atoms. The Hall–Kier alpha value is -3.15. The molecule has 1 radical (unpaired) electrons. The van der Waals surface area contributed by atoms with Crippen LogP contribution in [0.5, 0.6) is 11.6 Å². The van der Waals surface area contributed by atoms with E-state index in [1.807, 2.05) is 45.9 Å². The number of carbonyl (C=O) groups excluding carboxylic acids is 1. The van der Waals surface area contributed by atoms with E-state index in [1.54, 1.807) is 18.3 Å². The quantitative estimate of drug-likeness (QED) is 0.150. The number of hydrogen-bond donors (Lipinski definition) is 1. The minimum atomic E-state index is -0.0721. The maximum absolute atomic E-state index is 11.0. The molecule has 1 aliphatic rings. The van der Waals surface area contributed by atoms with Crippen LogP contribution in [-0.4, -0.2) is 25.8 Å². The summed E-state index contributed by atoms with van der Waals surface area (Å²) in [6, 6.07) is 12.4. The van der Waals surface area contributed by atoms with Crippen LogP contribution in [0.4, 0.5) is 0 Å². The molecule has 4 aromatic rings. The first-order chi connectivity index (χ1) is 16.2. The molecule has 4 heterocycles. The maximum Gasteiger partial charge on any atom is 0.161 e. The summed E-state index contributed by atoms with van der Waals surface area (Å²) in [5, 5.41) is 11.3. The van der Waals surface area contributed by atoms with E-state index in [-0.39, 0.29) is 55.7 Å². The third-order valence-corrected chi connectivity index (χ3v) is 4.98. The van der Waals surface area contributed by atoms with E-state index < -0.39 is 0 Å². The maximum atomic E-state index is 11.0. The zero-order valence-electron chi connectivity index (χ0n) is 20.6. The Bertz CT molecular complexity index is 1460. The fourth-order valence-electron chi connectivity index (χ4n) is 3.09. The number of fused-ring (bicyclic) bond motifs is 3. The number of nitrogens with zero attached hydrogens (tertiary/aromatic N) is 3. The average Bonchev–Trinajstić information content (AvgIpc) is 2.81. The summed E-state index contributed by atoms with van der Waals surface area (Å²) < 4.78 is 21.9. The van der Waals surface area contributed by atoms with Crippen molar-refractivity contribution < 1.29 is 37.5 Å². The molecule has 0 fully saturated rings. The molecular formula is C26H24IrN3O3-. The van der Waals surface area contributed by atoms with Gasteiger partial charge in [-0.15, -0.1) is 12.1 Å². The zero-order chi connectivity index (χ0) is 24.6. The average molecular weight is 621 g/mol. The first-order valence-corrected chi connectivity index (χ1v) is 10.4. The molecule has 3 aromatic heterocycles. The Morgan fingerprint density at radius 1 is 1.15 bits per heavy atom. The number of pyridine rings is 3. The number of ether oxygens (including phenoxy) is 1. The van der Waals surface area contributed by atoms with E-state index in [4.69, 9.17) is 7.48 Å². The van der Waals surface area contributed by atoms with Crippen molar-refractivity contribution in [1.82, 2.24) is 15.0 Å². The number of rotatable bonds is 3. The van der Waals surface area contributed by atoms with Crippen molar-refractivity contribution >= 4 is 27.6 Å². The molecule has 0 bridgehead atoms. The van der Waals surface area contributed by atoms with Gasteiger partial charge in [0.05, 0.1) is 14.1 Å². The molecule has 0 unspecified atom stereocenters. The summed E-state index contributed by atoms with van der Waals surface area (Å²) in [6.07, 6.45) is 2.91. The molecule has 1 aliphatic heterocycles. The molecular weight excluding hydrogens is 595 g/mol. The van der Waals surface area contributed by atoms with Crippen molar-refractivity contribution in [3.63, 3.8) is 0 Å². The summed E-state index contributed by atoms with van der Waals surface area (Å²) in [4.78, 5) is 24.0. The summed E-state index contributed by atoms with van der Waals surface area (Å²) in [5.74, 6) is 1.12. The second-order valence-electron chi connectivity index (χ2n) is 8.05. The van der Waals surface area contributed by atoms with Crippen LogP contribution in [0.25, 0.3) is 33.1 Å². The molecule has 5 rings (SSSR count). The number of allylic oxidation sites excluding steroid dienone is 2. The number of aliphatic hydroxyl groups is 1. The Labute approximate surface area is 208 Å². The summed E-state index contributed by atoms with van der Waals surface area (Å²) >= 11 is 0. The number of carbonyl (C=O) groups is 1. The number of aromatic nitrogens is 3. The second kappa shape index (κ2) is 10.2. The monoisotopic (exact) mass is 621 g/mol. The number of benzene rings is 1. The van der Waals surface area contributed by atoms with E-state index in [0.29, 0.717) is 33.9 Å². The van der Waals surface area contributed by atoms with Crippen LogP contribution < -0.4 is 4.74 Å². The van der Waals surface area contributed by atoms with Gasteiger partial charge in [0.2, 0.25) is 0 Å². The number of ketones is 1. The zero-order valence-corrected chi connectivity index (χ0v) is 21.0. The van der Waals surface area contributed by atoms with Gasteiger partial charge in [0.25, 0.3) is 0 Å².